The summed E-state index contributed by atoms with van der Waals surface area (Å²) in [6.07, 6.45) is -3.59. The van der Waals surface area contributed by atoms with Crippen molar-refractivity contribution in [3.05, 3.63) is 29.8 Å². The van der Waals surface area contributed by atoms with Crippen LogP contribution in [-0.2, 0) is 6.54 Å². The summed E-state index contributed by atoms with van der Waals surface area (Å²) in [4.78, 5) is 0. The summed E-state index contributed by atoms with van der Waals surface area (Å²) in [5.41, 5.74) is 0.778. The number of hydrogen-bond acceptors (Lipinski definition) is 2. The second-order valence-corrected chi connectivity index (χ2v) is 4.55. The van der Waals surface area contributed by atoms with Crippen molar-refractivity contribution in [1.82, 2.24) is 5.32 Å². The van der Waals surface area contributed by atoms with Crippen LogP contribution in [0.5, 0.6) is 5.75 Å². The highest BCUT2D eigenvalue weighted by atomic mass is 19.4. The molecular formula is C13H18F3NO. The maximum atomic E-state index is 12.0. The Hall–Kier alpha value is -1.23. The van der Waals surface area contributed by atoms with Gasteiger partial charge < -0.3 is 10.1 Å². The summed E-state index contributed by atoms with van der Waals surface area (Å²) in [5, 5.41) is 3.19. The molecule has 102 valence electrons. The lowest BCUT2D eigenvalue weighted by Crippen LogP contribution is -2.18. The molecule has 1 aromatic carbocycles. The smallest absolute Gasteiger partial charge is 0.406 e. The fourth-order valence-corrected chi connectivity index (χ4v) is 1.48. The number of hydrogen-bond donors (Lipinski definition) is 1. The van der Waals surface area contributed by atoms with Crippen molar-refractivity contribution in [2.24, 2.45) is 5.92 Å². The zero-order valence-corrected chi connectivity index (χ0v) is 10.6. The molecule has 0 unspecified atom stereocenters. The van der Waals surface area contributed by atoms with Crippen LogP contribution in [0.2, 0.25) is 0 Å². The van der Waals surface area contributed by atoms with Crippen LogP contribution in [0.4, 0.5) is 13.2 Å². The van der Waals surface area contributed by atoms with Crippen LogP contribution in [0.15, 0.2) is 24.3 Å². The Kier molecular flexibility index (Phi) is 5.47. The third kappa shape index (κ3) is 6.49. The number of nitrogens with one attached hydrogen (secondary N) is 1. The second-order valence-electron chi connectivity index (χ2n) is 4.55. The van der Waals surface area contributed by atoms with Gasteiger partial charge in [-0.1, -0.05) is 26.0 Å². The predicted octanol–water partition coefficient (Wildman–Crippen LogP) is 3.72. The first-order chi connectivity index (χ1) is 8.37. The Morgan fingerprint density at radius 1 is 1.28 bits per heavy atom. The molecule has 5 heteroatoms. The Labute approximate surface area is 105 Å². The molecule has 0 aliphatic carbocycles. The average molecular weight is 261 g/mol. The molecule has 0 radical (unpaired) electrons. The van der Waals surface area contributed by atoms with Crippen molar-refractivity contribution in [2.45, 2.75) is 33.2 Å². The number of benzene rings is 1. The number of rotatable bonds is 6. The molecule has 0 aliphatic rings. The Balaban J connectivity index is 2.44. The summed E-state index contributed by atoms with van der Waals surface area (Å²) in [6.45, 7) is 5.64. The van der Waals surface area contributed by atoms with Crippen molar-refractivity contribution in [3.8, 4) is 5.75 Å². The van der Waals surface area contributed by atoms with E-state index in [4.69, 9.17) is 0 Å². The summed E-state index contributed by atoms with van der Waals surface area (Å²) in [7, 11) is 0. The fraction of sp³-hybridized carbons (Fsp3) is 0.538. The Morgan fingerprint density at radius 2 is 2.00 bits per heavy atom. The van der Waals surface area contributed by atoms with Crippen LogP contribution in [0, 0.1) is 5.92 Å². The van der Waals surface area contributed by atoms with Gasteiger partial charge in [-0.15, -0.1) is 13.2 Å². The quantitative estimate of drug-likeness (QED) is 0.788. The van der Waals surface area contributed by atoms with Gasteiger partial charge in [0.2, 0.25) is 0 Å². The van der Waals surface area contributed by atoms with E-state index in [1.807, 2.05) is 0 Å². The van der Waals surface area contributed by atoms with E-state index in [0.717, 1.165) is 18.5 Å². The zero-order chi connectivity index (χ0) is 13.6. The van der Waals surface area contributed by atoms with E-state index in [0.29, 0.717) is 12.5 Å². The van der Waals surface area contributed by atoms with Gasteiger partial charge in [0, 0.05) is 6.54 Å². The molecule has 0 aromatic heterocycles. The molecule has 1 N–H and O–H groups in total. The van der Waals surface area contributed by atoms with Crippen molar-refractivity contribution in [1.29, 1.82) is 0 Å². The Bertz CT molecular complexity index is 363. The van der Waals surface area contributed by atoms with Crippen molar-refractivity contribution < 1.29 is 17.9 Å². The molecule has 18 heavy (non-hydrogen) atoms. The zero-order valence-electron chi connectivity index (χ0n) is 10.6. The molecule has 0 saturated carbocycles. The minimum atomic E-state index is -4.64. The van der Waals surface area contributed by atoms with E-state index in [2.05, 4.69) is 23.9 Å². The van der Waals surface area contributed by atoms with Gasteiger partial charge in [-0.05, 0) is 36.6 Å². The monoisotopic (exact) mass is 261 g/mol. The minimum Gasteiger partial charge on any atom is -0.406 e. The van der Waals surface area contributed by atoms with Crippen LogP contribution in [0.25, 0.3) is 0 Å². The first kappa shape index (κ1) is 14.8. The number of halogens is 3. The van der Waals surface area contributed by atoms with Crippen LogP contribution >= 0.6 is 0 Å². The molecule has 0 saturated heterocycles. The van der Waals surface area contributed by atoms with Crippen molar-refractivity contribution >= 4 is 0 Å². The first-order valence-electron chi connectivity index (χ1n) is 5.92. The van der Waals surface area contributed by atoms with E-state index in [-0.39, 0.29) is 5.75 Å². The number of ether oxygens (including phenoxy) is 1. The van der Waals surface area contributed by atoms with Gasteiger partial charge in [-0.2, -0.15) is 0 Å². The van der Waals surface area contributed by atoms with Crippen LogP contribution < -0.4 is 10.1 Å². The van der Waals surface area contributed by atoms with Gasteiger partial charge in [0.25, 0.3) is 0 Å². The second kappa shape index (κ2) is 6.64. The molecule has 0 spiro atoms. The Morgan fingerprint density at radius 3 is 2.61 bits per heavy atom. The van der Waals surface area contributed by atoms with Gasteiger partial charge in [0.05, 0.1) is 0 Å². The van der Waals surface area contributed by atoms with Gasteiger partial charge in [0.15, 0.2) is 0 Å². The van der Waals surface area contributed by atoms with E-state index >= 15 is 0 Å². The highest BCUT2D eigenvalue weighted by molar-refractivity contribution is 5.28. The first-order valence-corrected chi connectivity index (χ1v) is 5.92. The highest BCUT2D eigenvalue weighted by Crippen LogP contribution is 2.23. The summed E-state index contributed by atoms with van der Waals surface area (Å²) < 4.78 is 40.0. The van der Waals surface area contributed by atoms with Crippen LogP contribution in [0.1, 0.15) is 25.8 Å². The maximum Gasteiger partial charge on any atom is 0.573 e. The fourth-order valence-electron chi connectivity index (χ4n) is 1.48. The van der Waals surface area contributed by atoms with Crippen molar-refractivity contribution in [2.75, 3.05) is 6.54 Å². The van der Waals surface area contributed by atoms with Gasteiger partial charge in [-0.25, -0.2) is 0 Å². The van der Waals surface area contributed by atoms with Gasteiger partial charge in [-0.3, -0.25) is 0 Å². The normalized spacial score (nSPS) is 11.9. The molecule has 0 fully saturated rings. The summed E-state index contributed by atoms with van der Waals surface area (Å²) in [6, 6.07) is 6.02. The highest BCUT2D eigenvalue weighted by Gasteiger charge is 2.31. The summed E-state index contributed by atoms with van der Waals surface area (Å²) >= 11 is 0. The molecule has 0 aliphatic heterocycles. The molecule has 0 heterocycles. The van der Waals surface area contributed by atoms with E-state index < -0.39 is 6.36 Å². The predicted molar refractivity (Wildman–Crippen MR) is 64.3 cm³/mol. The molecule has 2 nitrogen and oxygen atoms in total. The number of alkyl halides is 3. The van der Waals surface area contributed by atoms with E-state index in [1.54, 1.807) is 12.1 Å². The molecule has 0 bridgehead atoms. The van der Waals surface area contributed by atoms with Gasteiger partial charge in [0.1, 0.15) is 5.75 Å². The van der Waals surface area contributed by atoms with Gasteiger partial charge >= 0.3 is 6.36 Å². The maximum absolute atomic E-state index is 12.0. The SMILES string of the molecule is CC(C)CCNCc1cccc(OC(F)(F)F)c1. The molecule has 1 aromatic rings. The lowest BCUT2D eigenvalue weighted by atomic mass is 10.1. The molecule has 0 amide bonds. The van der Waals surface area contributed by atoms with Crippen LogP contribution in [0.3, 0.4) is 0 Å². The molecule has 1 rings (SSSR count). The molecule has 0 atom stereocenters. The topological polar surface area (TPSA) is 21.3 Å². The van der Waals surface area contributed by atoms with E-state index in [9.17, 15) is 13.2 Å². The summed E-state index contributed by atoms with van der Waals surface area (Å²) in [5.74, 6) is 0.433. The third-order valence-electron chi connectivity index (χ3n) is 2.36. The average Bonchev–Trinajstić information content (AvgIpc) is 2.22. The lowest BCUT2D eigenvalue weighted by molar-refractivity contribution is -0.274. The molecular weight excluding hydrogens is 243 g/mol. The standard InChI is InChI=1S/C13H18F3NO/c1-10(2)6-7-17-9-11-4-3-5-12(8-11)18-13(14,15)16/h3-5,8,10,17H,6-7,9H2,1-2H3. The third-order valence-corrected chi connectivity index (χ3v) is 2.36. The largest absolute Gasteiger partial charge is 0.573 e. The van der Waals surface area contributed by atoms with E-state index in [1.165, 1.54) is 12.1 Å². The lowest BCUT2D eigenvalue weighted by Gasteiger charge is -2.11. The van der Waals surface area contributed by atoms with Crippen molar-refractivity contribution in [3.63, 3.8) is 0 Å². The van der Waals surface area contributed by atoms with Crippen LogP contribution in [-0.4, -0.2) is 12.9 Å². The minimum absolute atomic E-state index is 0.175.